The Morgan fingerprint density at radius 3 is 3.10 bits per heavy atom. The molecule has 0 saturated carbocycles. The highest BCUT2D eigenvalue weighted by Gasteiger charge is 2.18. The van der Waals surface area contributed by atoms with E-state index in [-0.39, 0.29) is 6.04 Å². The molecule has 1 aliphatic heterocycles. The average molecular weight is 306 g/mol. The van der Waals surface area contributed by atoms with Crippen molar-refractivity contribution in [2.45, 2.75) is 24.5 Å². The predicted molar refractivity (Wildman–Crippen MR) is 80.7 cm³/mol. The molecular weight excluding hydrogens is 288 g/mol. The monoisotopic (exact) mass is 306 g/mol. The summed E-state index contributed by atoms with van der Waals surface area (Å²) < 4.78 is 10.8. The van der Waals surface area contributed by atoms with Crippen molar-refractivity contribution in [3.63, 3.8) is 0 Å². The first-order valence-electron chi connectivity index (χ1n) is 6.98. The molecular formula is C14H18N4O2S. The Balaban J connectivity index is 1.71. The summed E-state index contributed by atoms with van der Waals surface area (Å²) in [5.74, 6) is 2.51. The summed E-state index contributed by atoms with van der Waals surface area (Å²) in [6.45, 7) is 3.43. The van der Waals surface area contributed by atoms with Gasteiger partial charge in [-0.25, -0.2) is 4.98 Å². The van der Waals surface area contributed by atoms with Crippen LogP contribution in [0, 0.1) is 0 Å². The summed E-state index contributed by atoms with van der Waals surface area (Å²) >= 11 is 1.65. The number of hydrogen-bond donors (Lipinski definition) is 2. The number of aromatic nitrogens is 3. The lowest BCUT2D eigenvalue weighted by Gasteiger charge is -2.18. The largest absolute Gasteiger partial charge is 0.454 e. The highest BCUT2D eigenvalue weighted by Crippen LogP contribution is 2.35. The van der Waals surface area contributed by atoms with E-state index in [4.69, 9.17) is 9.47 Å². The van der Waals surface area contributed by atoms with Crippen molar-refractivity contribution < 1.29 is 9.47 Å². The first-order valence-corrected chi connectivity index (χ1v) is 7.96. The number of rotatable bonds is 7. The molecule has 112 valence electrons. The Morgan fingerprint density at radius 1 is 1.38 bits per heavy atom. The van der Waals surface area contributed by atoms with Crippen molar-refractivity contribution in [2.24, 2.45) is 0 Å². The molecule has 0 saturated heterocycles. The zero-order valence-corrected chi connectivity index (χ0v) is 12.7. The Kier molecular flexibility index (Phi) is 4.62. The molecule has 1 aromatic carbocycles. The van der Waals surface area contributed by atoms with Crippen LogP contribution in [0.2, 0.25) is 0 Å². The second kappa shape index (κ2) is 6.82. The van der Waals surface area contributed by atoms with Crippen LogP contribution in [0.3, 0.4) is 0 Å². The molecule has 1 aliphatic rings. The topological polar surface area (TPSA) is 72.1 Å². The van der Waals surface area contributed by atoms with Gasteiger partial charge in [0, 0.05) is 11.8 Å². The van der Waals surface area contributed by atoms with Crippen LogP contribution in [-0.4, -0.2) is 34.3 Å². The van der Waals surface area contributed by atoms with Crippen LogP contribution in [0.1, 0.15) is 24.9 Å². The second-order valence-corrected chi connectivity index (χ2v) is 5.73. The summed E-state index contributed by atoms with van der Waals surface area (Å²) in [5.41, 5.74) is 1.19. The molecule has 0 fully saturated rings. The third-order valence-corrected chi connectivity index (χ3v) is 4.19. The quantitative estimate of drug-likeness (QED) is 0.765. The van der Waals surface area contributed by atoms with E-state index in [2.05, 4.69) is 39.6 Å². The standard InChI is InChI=1S/C14H18N4O2S/c1-2-5-15-11(7-21-14-16-8-17-18-14)10-3-4-12-13(6-10)20-9-19-12/h3-4,6,8,11,15H,2,5,7,9H2,1H3,(H,16,17,18). The van der Waals surface area contributed by atoms with Gasteiger partial charge in [0.15, 0.2) is 16.7 Å². The summed E-state index contributed by atoms with van der Waals surface area (Å²) in [7, 11) is 0. The van der Waals surface area contributed by atoms with E-state index in [1.54, 1.807) is 11.8 Å². The smallest absolute Gasteiger partial charge is 0.231 e. The van der Waals surface area contributed by atoms with Gasteiger partial charge >= 0.3 is 0 Å². The van der Waals surface area contributed by atoms with Gasteiger partial charge in [-0.2, -0.15) is 5.10 Å². The number of H-pyrrole nitrogens is 1. The highest BCUT2D eigenvalue weighted by molar-refractivity contribution is 7.99. The van der Waals surface area contributed by atoms with Gasteiger partial charge in [-0.05, 0) is 30.7 Å². The molecule has 2 aromatic rings. The zero-order chi connectivity index (χ0) is 14.5. The van der Waals surface area contributed by atoms with Crippen molar-refractivity contribution in [2.75, 3.05) is 19.1 Å². The van der Waals surface area contributed by atoms with Crippen molar-refractivity contribution in [3.8, 4) is 11.5 Å². The van der Waals surface area contributed by atoms with Gasteiger partial charge < -0.3 is 14.8 Å². The van der Waals surface area contributed by atoms with E-state index in [0.717, 1.165) is 35.4 Å². The molecule has 1 unspecified atom stereocenters. The van der Waals surface area contributed by atoms with Gasteiger partial charge in [0.2, 0.25) is 6.79 Å². The number of thioether (sulfide) groups is 1. The zero-order valence-electron chi connectivity index (χ0n) is 11.8. The molecule has 0 spiro atoms. The molecule has 1 atom stereocenters. The maximum absolute atomic E-state index is 5.46. The van der Waals surface area contributed by atoms with Gasteiger partial charge in [0.05, 0.1) is 0 Å². The van der Waals surface area contributed by atoms with Gasteiger partial charge in [0.1, 0.15) is 6.33 Å². The number of hydrogen-bond acceptors (Lipinski definition) is 6. The molecule has 3 rings (SSSR count). The SMILES string of the molecule is CCCNC(CSc1ncn[nH]1)c1ccc2c(c1)OCO2. The minimum absolute atomic E-state index is 0.231. The fraction of sp³-hybridized carbons (Fsp3) is 0.429. The summed E-state index contributed by atoms with van der Waals surface area (Å²) in [5, 5.41) is 11.1. The van der Waals surface area contributed by atoms with Crippen LogP contribution in [0.15, 0.2) is 29.7 Å². The van der Waals surface area contributed by atoms with E-state index >= 15 is 0 Å². The van der Waals surface area contributed by atoms with Gasteiger partial charge in [0.25, 0.3) is 0 Å². The van der Waals surface area contributed by atoms with Crippen molar-refractivity contribution in [1.82, 2.24) is 20.5 Å². The third-order valence-electron chi connectivity index (χ3n) is 3.22. The normalized spacial score (nSPS) is 14.3. The number of nitrogens with zero attached hydrogens (tertiary/aromatic N) is 2. The molecule has 7 heteroatoms. The van der Waals surface area contributed by atoms with E-state index in [0.29, 0.717) is 6.79 Å². The van der Waals surface area contributed by atoms with E-state index in [1.807, 2.05) is 6.07 Å². The van der Waals surface area contributed by atoms with Crippen LogP contribution in [0.4, 0.5) is 0 Å². The molecule has 0 amide bonds. The molecule has 0 aliphatic carbocycles. The highest BCUT2D eigenvalue weighted by atomic mass is 32.2. The molecule has 6 nitrogen and oxygen atoms in total. The lowest BCUT2D eigenvalue weighted by atomic mass is 10.1. The van der Waals surface area contributed by atoms with Crippen LogP contribution in [-0.2, 0) is 0 Å². The summed E-state index contributed by atoms with van der Waals surface area (Å²) in [4.78, 5) is 4.14. The second-order valence-electron chi connectivity index (χ2n) is 4.72. The van der Waals surface area contributed by atoms with Crippen LogP contribution < -0.4 is 14.8 Å². The Bertz CT molecular complexity index is 576. The van der Waals surface area contributed by atoms with Gasteiger partial charge in [-0.1, -0.05) is 24.8 Å². The Morgan fingerprint density at radius 2 is 2.29 bits per heavy atom. The molecule has 1 aromatic heterocycles. The molecule has 21 heavy (non-hydrogen) atoms. The molecule has 0 radical (unpaired) electrons. The number of benzene rings is 1. The van der Waals surface area contributed by atoms with Crippen LogP contribution in [0.5, 0.6) is 11.5 Å². The van der Waals surface area contributed by atoms with E-state index in [9.17, 15) is 0 Å². The van der Waals surface area contributed by atoms with E-state index < -0.39 is 0 Å². The fourth-order valence-electron chi connectivity index (χ4n) is 2.15. The first kappa shape index (κ1) is 14.2. The minimum atomic E-state index is 0.231. The molecule has 0 bridgehead atoms. The van der Waals surface area contributed by atoms with Crippen molar-refractivity contribution in [1.29, 1.82) is 0 Å². The molecule has 2 heterocycles. The maximum Gasteiger partial charge on any atom is 0.231 e. The Labute approximate surface area is 127 Å². The van der Waals surface area contributed by atoms with Crippen LogP contribution >= 0.6 is 11.8 Å². The first-order chi connectivity index (χ1) is 10.4. The number of nitrogens with one attached hydrogen (secondary N) is 2. The fourth-order valence-corrected chi connectivity index (χ4v) is 3.02. The number of fused-ring (bicyclic) bond motifs is 1. The number of ether oxygens (including phenoxy) is 2. The van der Waals surface area contributed by atoms with Crippen molar-refractivity contribution in [3.05, 3.63) is 30.1 Å². The van der Waals surface area contributed by atoms with Gasteiger partial charge in [-0.15, -0.1) is 0 Å². The lowest BCUT2D eigenvalue weighted by molar-refractivity contribution is 0.174. The summed E-state index contributed by atoms with van der Waals surface area (Å²) in [6, 6.07) is 6.34. The predicted octanol–water partition coefficient (Wildman–Crippen LogP) is 2.37. The maximum atomic E-state index is 5.46. The lowest BCUT2D eigenvalue weighted by Crippen LogP contribution is -2.24. The summed E-state index contributed by atoms with van der Waals surface area (Å²) in [6.07, 6.45) is 2.62. The molecule has 2 N–H and O–H groups in total. The van der Waals surface area contributed by atoms with E-state index in [1.165, 1.54) is 11.9 Å². The average Bonchev–Trinajstić information content (AvgIpc) is 3.17. The Hall–Kier alpha value is -1.73. The van der Waals surface area contributed by atoms with Gasteiger partial charge in [-0.3, -0.25) is 5.10 Å². The minimum Gasteiger partial charge on any atom is -0.454 e. The number of aromatic amines is 1. The van der Waals surface area contributed by atoms with Crippen molar-refractivity contribution >= 4 is 11.8 Å². The van der Waals surface area contributed by atoms with Crippen LogP contribution in [0.25, 0.3) is 0 Å². The third kappa shape index (κ3) is 3.48.